The van der Waals surface area contributed by atoms with Gasteiger partial charge in [-0.2, -0.15) is 8.78 Å². The third-order valence-corrected chi connectivity index (χ3v) is 6.46. The molecule has 0 saturated heterocycles. The summed E-state index contributed by atoms with van der Waals surface area (Å²) in [5.41, 5.74) is 3.34. The number of amidine groups is 1. The zero-order valence-electron chi connectivity index (χ0n) is 20.1. The third kappa shape index (κ3) is 8.76. The van der Waals surface area contributed by atoms with E-state index in [1.807, 2.05) is 43.3 Å². The Morgan fingerprint density at radius 3 is 2.36 bits per heavy atom. The molecule has 0 saturated carbocycles. The first-order valence-corrected chi connectivity index (χ1v) is 12.8. The lowest BCUT2D eigenvalue weighted by molar-refractivity contribution is -0.113. The molecule has 0 unspecified atom stereocenters. The zero-order chi connectivity index (χ0) is 25.9. The SMILES string of the molecule is COc1ccc(CN=C(Nc2ccc(SC(F)F)cc2)SCC(=O)Nc2cccc(C)c2)cc1OC. The average Bonchev–Trinajstić information content (AvgIpc) is 2.86. The molecule has 0 fully saturated rings. The molecule has 0 radical (unpaired) electrons. The van der Waals surface area contributed by atoms with Crippen LogP contribution in [0.25, 0.3) is 0 Å². The van der Waals surface area contributed by atoms with Gasteiger partial charge in [-0.1, -0.05) is 41.7 Å². The maximum absolute atomic E-state index is 12.6. The van der Waals surface area contributed by atoms with E-state index in [0.29, 0.717) is 45.6 Å². The van der Waals surface area contributed by atoms with E-state index in [4.69, 9.17) is 9.47 Å². The number of aryl methyl sites for hydroxylation is 1. The molecule has 3 aromatic rings. The molecule has 0 aromatic heterocycles. The first kappa shape index (κ1) is 27.3. The summed E-state index contributed by atoms with van der Waals surface area (Å²) >= 11 is 1.73. The summed E-state index contributed by atoms with van der Waals surface area (Å²) in [4.78, 5) is 17.7. The number of nitrogens with one attached hydrogen (secondary N) is 2. The van der Waals surface area contributed by atoms with Gasteiger partial charge < -0.3 is 20.1 Å². The number of carbonyl (C=O) groups excluding carboxylic acids is 1. The Morgan fingerprint density at radius 2 is 1.69 bits per heavy atom. The van der Waals surface area contributed by atoms with Crippen molar-refractivity contribution in [1.82, 2.24) is 0 Å². The fraction of sp³-hybridized carbons (Fsp3) is 0.231. The number of thioether (sulfide) groups is 2. The predicted molar refractivity (Wildman–Crippen MR) is 145 cm³/mol. The van der Waals surface area contributed by atoms with E-state index in [1.165, 1.54) is 11.8 Å². The van der Waals surface area contributed by atoms with Gasteiger partial charge in [0.2, 0.25) is 5.91 Å². The number of nitrogens with zero attached hydrogens (tertiary/aromatic N) is 1. The Bertz CT molecular complexity index is 1190. The molecule has 0 aliphatic rings. The van der Waals surface area contributed by atoms with Crippen molar-refractivity contribution in [3.63, 3.8) is 0 Å². The Hall–Kier alpha value is -3.24. The number of hydrogen-bond acceptors (Lipinski definition) is 6. The standard InChI is InChI=1S/C26H27F2N3O3S2/c1-17-5-4-6-20(13-17)30-24(32)16-35-26(31-19-8-10-21(11-9-19)36-25(27)28)29-15-18-7-12-22(33-2)23(14-18)34-3/h4-14,25H,15-16H2,1-3H3,(H,29,31)(H,30,32). The van der Waals surface area contributed by atoms with Crippen LogP contribution >= 0.6 is 23.5 Å². The van der Waals surface area contributed by atoms with Crippen LogP contribution in [0, 0.1) is 6.92 Å². The lowest BCUT2D eigenvalue weighted by Gasteiger charge is -2.12. The van der Waals surface area contributed by atoms with Crippen molar-refractivity contribution in [3.8, 4) is 11.5 Å². The van der Waals surface area contributed by atoms with E-state index in [1.54, 1.807) is 44.6 Å². The highest BCUT2D eigenvalue weighted by Crippen LogP contribution is 2.29. The molecule has 0 heterocycles. The monoisotopic (exact) mass is 531 g/mol. The van der Waals surface area contributed by atoms with Crippen LogP contribution in [0.15, 0.2) is 76.6 Å². The molecule has 10 heteroatoms. The number of rotatable bonds is 10. The van der Waals surface area contributed by atoms with Crippen LogP contribution in [0.3, 0.4) is 0 Å². The van der Waals surface area contributed by atoms with Crippen molar-refractivity contribution in [3.05, 3.63) is 77.9 Å². The summed E-state index contributed by atoms with van der Waals surface area (Å²) in [5, 5.41) is 6.58. The number of anilines is 2. The highest BCUT2D eigenvalue weighted by molar-refractivity contribution is 8.14. The van der Waals surface area contributed by atoms with Gasteiger partial charge in [0.1, 0.15) is 0 Å². The van der Waals surface area contributed by atoms with Crippen molar-refractivity contribution in [2.75, 3.05) is 30.6 Å². The summed E-state index contributed by atoms with van der Waals surface area (Å²) in [7, 11) is 3.14. The second-order valence-corrected chi connectivity index (χ2v) is 9.57. The van der Waals surface area contributed by atoms with Crippen LogP contribution in [0.1, 0.15) is 11.1 Å². The Morgan fingerprint density at radius 1 is 0.944 bits per heavy atom. The molecule has 3 aromatic carbocycles. The average molecular weight is 532 g/mol. The van der Waals surface area contributed by atoms with E-state index in [0.717, 1.165) is 16.8 Å². The molecular weight excluding hydrogens is 504 g/mol. The maximum Gasteiger partial charge on any atom is 0.288 e. The number of alkyl halides is 2. The zero-order valence-corrected chi connectivity index (χ0v) is 21.7. The smallest absolute Gasteiger partial charge is 0.288 e. The number of carbonyl (C=O) groups is 1. The lowest BCUT2D eigenvalue weighted by atomic mass is 10.2. The molecule has 36 heavy (non-hydrogen) atoms. The number of aliphatic imine (C=N–C) groups is 1. The predicted octanol–water partition coefficient (Wildman–Crippen LogP) is 6.67. The fourth-order valence-electron chi connectivity index (χ4n) is 3.16. The van der Waals surface area contributed by atoms with E-state index < -0.39 is 5.76 Å². The van der Waals surface area contributed by atoms with Crippen LogP contribution in [0.5, 0.6) is 11.5 Å². The Kier molecular flexibility index (Phi) is 10.4. The second kappa shape index (κ2) is 13.7. The number of halogens is 2. The number of methoxy groups -OCH3 is 2. The minimum absolute atomic E-state index is 0.130. The first-order chi connectivity index (χ1) is 17.4. The van der Waals surface area contributed by atoms with Crippen LogP contribution in [-0.2, 0) is 11.3 Å². The van der Waals surface area contributed by atoms with Gasteiger partial charge in [0.25, 0.3) is 5.76 Å². The van der Waals surface area contributed by atoms with Gasteiger partial charge in [-0.05, 0) is 66.6 Å². The number of ether oxygens (including phenoxy) is 2. The molecule has 6 nitrogen and oxygen atoms in total. The Labute approximate surface area is 217 Å². The van der Waals surface area contributed by atoms with Gasteiger partial charge in [-0.3, -0.25) is 9.79 Å². The quantitative estimate of drug-likeness (QED) is 0.173. The van der Waals surface area contributed by atoms with Crippen LogP contribution < -0.4 is 20.1 Å². The van der Waals surface area contributed by atoms with E-state index in [2.05, 4.69) is 15.6 Å². The largest absolute Gasteiger partial charge is 0.493 e. The molecule has 0 bridgehead atoms. The van der Waals surface area contributed by atoms with Gasteiger partial charge >= 0.3 is 0 Å². The molecule has 3 rings (SSSR count). The van der Waals surface area contributed by atoms with Crippen molar-refractivity contribution >= 4 is 46.0 Å². The minimum Gasteiger partial charge on any atom is -0.493 e. The summed E-state index contributed by atoms with van der Waals surface area (Å²) in [6.45, 7) is 2.28. The fourth-order valence-corrected chi connectivity index (χ4v) is 4.35. The number of benzene rings is 3. The van der Waals surface area contributed by atoms with Gasteiger partial charge in [0.05, 0.1) is 26.5 Å². The normalized spacial score (nSPS) is 11.3. The van der Waals surface area contributed by atoms with Crippen molar-refractivity contribution in [2.45, 2.75) is 24.1 Å². The molecule has 0 atom stereocenters. The summed E-state index contributed by atoms with van der Waals surface area (Å²) < 4.78 is 35.9. The van der Waals surface area contributed by atoms with Gasteiger partial charge in [-0.25, -0.2) is 0 Å². The molecule has 2 N–H and O–H groups in total. The van der Waals surface area contributed by atoms with Crippen LogP contribution in [0.4, 0.5) is 20.2 Å². The molecule has 0 aliphatic heterocycles. The van der Waals surface area contributed by atoms with E-state index in [9.17, 15) is 13.6 Å². The highest BCUT2D eigenvalue weighted by Gasteiger charge is 2.10. The third-order valence-electron chi connectivity index (χ3n) is 4.83. The number of amides is 1. The van der Waals surface area contributed by atoms with Gasteiger partial charge in [-0.15, -0.1) is 0 Å². The molecular formula is C26H27F2N3O3S2. The summed E-state index contributed by atoms with van der Waals surface area (Å²) in [6, 6.07) is 19.7. The summed E-state index contributed by atoms with van der Waals surface area (Å²) in [6.07, 6.45) is 0. The molecule has 190 valence electrons. The topological polar surface area (TPSA) is 72.0 Å². The molecule has 0 aliphatic carbocycles. The Balaban J connectivity index is 1.72. The molecule has 1 amide bonds. The first-order valence-electron chi connectivity index (χ1n) is 10.9. The van der Waals surface area contributed by atoms with Crippen molar-refractivity contribution in [1.29, 1.82) is 0 Å². The van der Waals surface area contributed by atoms with Crippen LogP contribution in [0.2, 0.25) is 0 Å². The van der Waals surface area contributed by atoms with Crippen LogP contribution in [-0.4, -0.2) is 36.8 Å². The van der Waals surface area contributed by atoms with Crippen molar-refractivity contribution < 1.29 is 23.0 Å². The van der Waals surface area contributed by atoms with E-state index in [-0.39, 0.29) is 11.7 Å². The number of hydrogen-bond donors (Lipinski definition) is 2. The maximum atomic E-state index is 12.6. The highest BCUT2D eigenvalue weighted by atomic mass is 32.2. The minimum atomic E-state index is -2.48. The van der Waals surface area contributed by atoms with Gasteiger partial charge in [0, 0.05) is 16.3 Å². The second-order valence-electron chi connectivity index (χ2n) is 7.54. The van der Waals surface area contributed by atoms with Crippen molar-refractivity contribution in [2.24, 2.45) is 4.99 Å². The molecule has 0 spiro atoms. The van der Waals surface area contributed by atoms with Gasteiger partial charge in [0.15, 0.2) is 16.7 Å². The summed E-state index contributed by atoms with van der Waals surface area (Å²) in [5.74, 6) is -1.31. The van der Waals surface area contributed by atoms with E-state index >= 15 is 0 Å². The lowest BCUT2D eigenvalue weighted by Crippen LogP contribution is -2.18.